The highest BCUT2D eigenvalue weighted by Gasteiger charge is 2.20. The summed E-state index contributed by atoms with van der Waals surface area (Å²) in [6.45, 7) is 3.02. The molecule has 0 radical (unpaired) electrons. The van der Waals surface area contributed by atoms with Crippen molar-refractivity contribution < 1.29 is 22.7 Å². The van der Waals surface area contributed by atoms with Crippen LogP contribution in [0.15, 0.2) is 33.6 Å². The quantitative estimate of drug-likeness (QED) is 0.631. The van der Waals surface area contributed by atoms with Crippen LogP contribution in [-0.4, -0.2) is 87.3 Å². The minimum absolute atomic E-state index is 0.0122. The first-order valence-electron chi connectivity index (χ1n) is 10.7. The molecule has 1 aromatic rings. The van der Waals surface area contributed by atoms with Crippen LogP contribution in [0.25, 0.3) is 0 Å². The van der Waals surface area contributed by atoms with Crippen molar-refractivity contribution in [2.75, 3.05) is 56.7 Å². The summed E-state index contributed by atoms with van der Waals surface area (Å²) < 4.78 is 34.9. The number of carbonyl (C=O) groups excluding carboxylic acids is 2. The summed E-state index contributed by atoms with van der Waals surface area (Å²) in [5, 5.41) is 2.70. The zero-order valence-corrected chi connectivity index (χ0v) is 19.9. The molecule has 0 atom stereocenters. The lowest BCUT2D eigenvalue weighted by Crippen LogP contribution is -2.41. The Morgan fingerprint density at radius 1 is 1.12 bits per heavy atom. The van der Waals surface area contributed by atoms with Crippen molar-refractivity contribution in [2.24, 2.45) is 4.40 Å². The number of nitrogens with one attached hydrogen (secondary N) is 1. The molecule has 0 aromatic heterocycles. The van der Waals surface area contributed by atoms with Crippen molar-refractivity contribution >= 4 is 45.1 Å². The average molecular weight is 483 g/mol. The Morgan fingerprint density at radius 3 is 2.69 bits per heavy atom. The van der Waals surface area contributed by atoms with E-state index in [0.29, 0.717) is 44.2 Å². The number of carbonyl (C=O) groups is 2. The number of ether oxygens (including phenoxy) is 1. The fourth-order valence-corrected chi connectivity index (χ4v) is 5.36. The van der Waals surface area contributed by atoms with Gasteiger partial charge in [-0.05, 0) is 31.0 Å². The summed E-state index contributed by atoms with van der Waals surface area (Å²) in [6.07, 6.45) is 3.63. The highest BCUT2D eigenvalue weighted by atomic mass is 32.2. The Balaban J connectivity index is 1.55. The van der Waals surface area contributed by atoms with Gasteiger partial charge in [0.15, 0.2) is 0 Å². The van der Waals surface area contributed by atoms with Crippen molar-refractivity contribution in [3.63, 3.8) is 0 Å². The minimum Gasteiger partial charge on any atom is -0.378 e. The topological polar surface area (TPSA) is 108 Å². The molecule has 32 heavy (non-hydrogen) atoms. The van der Waals surface area contributed by atoms with Crippen LogP contribution >= 0.6 is 11.8 Å². The van der Waals surface area contributed by atoms with Gasteiger partial charge in [0.1, 0.15) is 5.84 Å². The average Bonchev–Trinajstić information content (AvgIpc) is 2.98. The molecule has 2 saturated heterocycles. The van der Waals surface area contributed by atoms with Crippen LogP contribution in [0, 0.1) is 0 Å². The van der Waals surface area contributed by atoms with E-state index in [9.17, 15) is 18.0 Å². The Kier molecular flexibility index (Phi) is 8.94. The number of amides is 2. The Morgan fingerprint density at radius 2 is 1.91 bits per heavy atom. The van der Waals surface area contributed by atoms with E-state index in [-0.39, 0.29) is 28.2 Å². The summed E-state index contributed by atoms with van der Waals surface area (Å²) in [7, 11) is -2.02. The molecular weight excluding hydrogens is 452 g/mol. The molecule has 9 nitrogen and oxygen atoms in total. The maximum atomic E-state index is 12.8. The van der Waals surface area contributed by atoms with Gasteiger partial charge in [-0.1, -0.05) is 12.5 Å². The van der Waals surface area contributed by atoms with E-state index < -0.39 is 10.0 Å². The third-order valence-electron chi connectivity index (χ3n) is 5.30. The zero-order valence-electron chi connectivity index (χ0n) is 18.3. The first-order valence-corrected chi connectivity index (χ1v) is 13.3. The van der Waals surface area contributed by atoms with Gasteiger partial charge in [-0.15, -0.1) is 16.2 Å². The molecule has 0 bridgehead atoms. The van der Waals surface area contributed by atoms with Crippen LogP contribution in [0.1, 0.15) is 25.7 Å². The van der Waals surface area contributed by atoms with Crippen molar-refractivity contribution in [3.05, 3.63) is 24.3 Å². The van der Waals surface area contributed by atoms with Crippen LogP contribution < -0.4 is 5.32 Å². The van der Waals surface area contributed by atoms with E-state index >= 15 is 0 Å². The largest absolute Gasteiger partial charge is 0.378 e. The number of likely N-dealkylation sites (tertiary alicyclic amines) is 1. The molecular formula is C21H30N4O5S2. The van der Waals surface area contributed by atoms with Crippen molar-refractivity contribution in [2.45, 2.75) is 30.6 Å². The van der Waals surface area contributed by atoms with E-state index in [2.05, 4.69) is 9.71 Å². The first-order chi connectivity index (χ1) is 15.3. The Hall–Kier alpha value is -2.11. The lowest BCUT2D eigenvalue weighted by molar-refractivity contribution is -0.132. The van der Waals surface area contributed by atoms with Crippen LogP contribution in [0.2, 0.25) is 0 Å². The molecule has 2 aliphatic rings. The van der Waals surface area contributed by atoms with Crippen molar-refractivity contribution in [1.29, 1.82) is 0 Å². The van der Waals surface area contributed by atoms with Gasteiger partial charge < -0.3 is 19.9 Å². The molecule has 1 N–H and O–H groups in total. The molecule has 2 aliphatic heterocycles. The summed E-state index contributed by atoms with van der Waals surface area (Å²) in [6, 6.07) is 6.10. The molecule has 1 aromatic carbocycles. The molecule has 0 saturated carbocycles. The molecule has 0 unspecified atom stereocenters. The highest BCUT2D eigenvalue weighted by molar-refractivity contribution is 8.00. The fraction of sp³-hybridized carbons (Fsp3) is 0.571. The molecule has 2 amide bonds. The standard InChI is InChI=1S/C21H30N4O5S2/c1-24-9-4-2-3-8-19(24)23-32(28,29)18-7-5-6-17(14-18)22-20(26)15-31-16-21(27)25-10-12-30-13-11-25/h5-7,14H,2-4,8-13,15-16H2,1H3,(H,22,26)/b23-19+. The van der Waals surface area contributed by atoms with Gasteiger partial charge in [-0.3, -0.25) is 9.59 Å². The van der Waals surface area contributed by atoms with Gasteiger partial charge in [0.2, 0.25) is 11.8 Å². The second-order valence-electron chi connectivity index (χ2n) is 7.78. The van der Waals surface area contributed by atoms with Gasteiger partial charge in [0.25, 0.3) is 10.0 Å². The molecule has 11 heteroatoms. The van der Waals surface area contributed by atoms with Gasteiger partial charge in [0.05, 0.1) is 29.6 Å². The summed E-state index contributed by atoms with van der Waals surface area (Å²) in [5.74, 6) is 0.571. The predicted octanol–water partition coefficient (Wildman–Crippen LogP) is 1.81. The normalized spacial score (nSPS) is 19.0. The number of nitrogens with zero attached hydrogens (tertiary/aromatic N) is 3. The number of hydrogen-bond acceptors (Lipinski definition) is 6. The molecule has 0 aliphatic carbocycles. The monoisotopic (exact) mass is 482 g/mol. The number of thioether (sulfide) groups is 1. The summed E-state index contributed by atoms with van der Waals surface area (Å²) >= 11 is 1.23. The van der Waals surface area contributed by atoms with Gasteiger partial charge in [0, 0.05) is 38.8 Å². The van der Waals surface area contributed by atoms with Crippen molar-refractivity contribution in [1.82, 2.24) is 9.80 Å². The Bertz CT molecular complexity index is 945. The highest BCUT2D eigenvalue weighted by Crippen LogP contribution is 2.20. The van der Waals surface area contributed by atoms with Crippen LogP contribution in [0.3, 0.4) is 0 Å². The van der Waals surface area contributed by atoms with E-state index in [0.717, 1.165) is 25.8 Å². The Labute approximate surface area is 193 Å². The van der Waals surface area contributed by atoms with E-state index in [1.165, 1.54) is 23.9 Å². The number of anilines is 1. The van der Waals surface area contributed by atoms with E-state index in [1.807, 2.05) is 11.9 Å². The van der Waals surface area contributed by atoms with Gasteiger partial charge >= 0.3 is 0 Å². The molecule has 0 spiro atoms. The second kappa shape index (κ2) is 11.7. The molecule has 176 valence electrons. The van der Waals surface area contributed by atoms with Crippen LogP contribution in [0.5, 0.6) is 0 Å². The first kappa shape index (κ1) is 24.5. The van der Waals surface area contributed by atoms with E-state index in [4.69, 9.17) is 4.74 Å². The fourth-order valence-electron chi connectivity index (χ4n) is 3.50. The van der Waals surface area contributed by atoms with Gasteiger partial charge in [-0.2, -0.15) is 8.42 Å². The smallest absolute Gasteiger partial charge is 0.284 e. The number of hydrogen-bond donors (Lipinski definition) is 1. The number of rotatable bonds is 7. The van der Waals surface area contributed by atoms with Crippen LogP contribution in [0.4, 0.5) is 5.69 Å². The SMILES string of the molecule is CN1CCCCC/C1=N\S(=O)(=O)c1cccc(NC(=O)CSCC(=O)N2CCOCC2)c1. The maximum absolute atomic E-state index is 12.8. The second-order valence-corrected chi connectivity index (χ2v) is 10.4. The van der Waals surface area contributed by atoms with E-state index in [1.54, 1.807) is 17.0 Å². The predicted molar refractivity (Wildman–Crippen MR) is 126 cm³/mol. The number of amidine groups is 1. The third-order valence-corrected chi connectivity index (χ3v) is 7.52. The molecule has 2 heterocycles. The maximum Gasteiger partial charge on any atom is 0.284 e. The lowest BCUT2D eigenvalue weighted by atomic mass is 10.2. The summed E-state index contributed by atoms with van der Waals surface area (Å²) in [4.78, 5) is 28.1. The third kappa shape index (κ3) is 7.21. The number of morpholine rings is 1. The molecule has 3 rings (SSSR count). The molecule has 2 fully saturated rings. The van der Waals surface area contributed by atoms with Crippen molar-refractivity contribution in [3.8, 4) is 0 Å². The van der Waals surface area contributed by atoms with Gasteiger partial charge in [-0.25, -0.2) is 0 Å². The number of sulfonamides is 1. The summed E-state index contributed by atoms with van der Waals surface area (Å²) in [5.41, 5.74) is 0.380. The lowest BCUT2D eigenvalue weighted by Gasteiger charge is -2.26. The number of benzene rings is 1. The zero-order chi connectivity index (χ0) is 23.0. The van der Waals surface area contributed by atoms with Crippen LogP contribution in [-0.2, 0) is 24.3 Å². The minimum atomic E-state index is -3.88.